The monoisotopic (exact) mass is 292 g/mol. The third-order valence-electron chi connectivity index (χ3n) is 4.34. The first kappa shape index (κ1) is 13.3. The zero-order chi connectivity index (χ0) is 14.8. The predicted molar refractivity (Wildman–Crippen MR) is 89.8 cm³/mol. The molecule has 1 saturated heterocycles. The summed E-state index contributed by atoms with van der Waals surface area (Å²) in [7, 11) is 0. The lowest BCUT2D eigenvalue weighted by molar-refractivity contribution is 0.328. The van der Waals surface area contributed by atoms with Gasteiger partial charge in [-0.1, -0.05) is 30.3 Å². The van der Waals surface area contributed by atoms with E-state index in [9.17, 15) is 0 Å². The predicted octanol–water partition coefficient (Wildman–Crippen LogP) is 3.25. The second kappa shape index (κ2) is 5.81. The van der Waals surface area contributed by atoms with Gasteiger partial charge in [0, 0.05) is 49.1 Å². The summed E-state index contributed by atoms with van der Waals surface area (Å²) in [5, 5.41) is 4.85. The summed E-state index contributed by atoms with van der Waals surface area (Å²) in [5.41, 5.74) is 3.52. The van der Waals surface area contributed by atoms with E-state index in [1.54, 1.807) is 0 Å². The topological polar surface area (TPSA) is 44.0 Å². The molecule has 3 heterocycles. The molecule has 1 aliphatic heterocycles. The highest BCUT2D eigenvalue weighted by atomic mass is 15.2. The molecule has 0 spiro atoms. The van der Waals surface area contributed by atoms with E-state index < -0.39 is 0 Å². The highest BCUT2D eigenvalue weighted by molar-refractivity contribution is 5.89. The van der Waals surface area contributed by atoms with Gasteiger partial charge in [-0.05, 0) is 24.1 Å². The van der Waals surface area contributed by atoms with Gasteiger partial charge in [-0.3, -0.25) is 4.90 Å². The Labute approximate surface area is 130 Å². The third-order valence-corrected chi connectivity index (χ3v) is 4.34. The Hall–Kier alpha value is -2.33. The number of aromatic nitrogens is 2. The number of hydrogen-bond acceptors (Lipinski definition) is 3. The van der Waals surface area contributed by atoms with Crippen LogP contribution in [-0.4, -0.2) is 34.0 Å². The normalized spacial score (nSPS) is 18.8. The van der Waals surface area contributed by atoms with Gasteiger partial charge in [-0.2, -0.15) is 0 Å². The quantitative estimate of drug-likeness (QED) is 0.776. The van der Waals surface area contributed by atoms with Crippen molar-refractivity contribution in [3.63, 3.8) is 0 Å². The SMILES string of the molecule is c1ccc(CN2CC[C@H](Nc3ccnc4[nH]ccc34)C2)cc1. The van der Waals surface area contributed by atoms with Crippen molar-refractivity contribution >= 4 is 16.7 Å². The molecule has 2 aromatic heterocycles. The average molecular weight is 292 g/mol. The van der Waals surface area contributed by atoms with E-state index in [1.165, 1.54) is 23.1 Å². The maximum absolute atomic E-state index is 4.34. The summed E-state index contributed by atoms with van der Waals surface area (Å²) < 4.78 is 0. The number of aromatic amines is 1. The molecule has 0 unspecified atom stereocenters. The molecule has 4 heteroatoms. The number of benzene rings is 1. The van der Waals surface area contributed by atoms with Gasteiger partial charge in [0.1, 0.15) is 5.65 Å². The van der Waals surface area contributed by atoms with E-state index in [0.29, 0.717) is 6.04 Å². The van der Waals surface area contributed by atoms with Gasteiger partial charge in [-0.25, -0.2) is 4.98 Å². The molecule has 3 aromatic rings. The minimum Gasteiger partial charge on any atom is -0.380 e. The molecule has 0 amide bonds. The van der Waals surface area contributed by atoms with Crippen LogP contribution in [0.1, 0.15) is 12.0 Å². The Balaban J connectivity index is 1.42. The molecule has 112 valence electrons. The minimum absolute atomic E-state index is 0.504. The van der Waals surface area contributed by atoms with Gasteiger partial charge in [0.15, 0.2) is 0 Å². The summed E-state index contributed by atoms with van der Waals surface area (Å²) in [6, 6.07) is 15.4. The molecule has 1 aromatic carbocycles. The summed E-state index contributed by atoms with van der Waals surface area (Å²) in [5.74, 6) is 0. The third kappa shape index (κ3) is 2.70. The number of fused-ring (bicyclic) bond motifs is 1. The fourth-order valence-electron chi connectivity index (χ4n) is 3.24. The van der Waals surface area contributed by atoms with Gasteiger partial charge in [0.2, 0.25) is 0 Å². The summed E-state index contributed by atoms with van der Waals surface area (Å²) in [4.78, 5) is 10.0. The number of rotatable bonds is 4. The number of hydrogen-bond donors (Lipinski definition) is 2. The lowest BCUT2D eigenvalue weighted by atomic mass is 10.2. The molecule has 22 heavy (non-hydrogen) atoms. The molecule has 1 aliphatic rings. The first-order valence-corrected chi connectivity index (χ1v) is 7.83. The maximum atomic E-state index is 4.34. The number of pyridine rings is 1. The fraction of sp³-hybridized carbons (Fsp3) is 0.278. The molecule has 1 fully saturated rings. The molecule has 2 N–H and O–H groups in total. The van der Waals surface area contributed by atoms with Gasteiger partial charge < -0.3 is 10.3 Å². The van der Waals surface area contributed by atoms with Crippen LogP contribution in [0.2, 0.25) is 0 Å². The zero-order valence-corrected chi connectivity index (χ0v) is 12.5. The van der Waals surface area contributed by atoms with Crippen molar-refractivity contribution in [2.45, 2.75) is 19.0 Å². The Morgan fingerprint density at radius 3 is 3.00 bits per heavy atom. The van der Waals surface area contributed by atoms with E-state index >= 15 is 0 Å². The van der Waals surface area contributed by atoms with Gasteiger partial charge in [-0.15, -0.1) is 0 Å². The second-order valence-electron chi connectivity index (χ2n) is 5.95. The first-order valence-electron chi connectivity index (χ1n) is 7.83. The second-order valence-corrected chi connectivity index (χ2v) is 5.95. The van der Waals surface area contributed by atoms with Gasteiger partial charge >= 0.3 is 0 Å². The van der Waals surface area contributed by atoms with Crippen molar-refractivity contribution < 1.29 is 0 Å². The number of likely N-dealkylation sites (tertiary alicyclic amines) is 1. The van der Waals surface area contributed by atoms with Crippen LogP contribution in [0.25, 0.3) is 11.0 Å². The van der Waals surface area contributed by atoms with Crippen molar-refractivity contribution in [2.75, 3.05) is 18.4 Å². The summed E-state index contributed by atoms with van der Waals surface area (Å²) in [6.07, 6.45) is 4.98. The van der Waals surface area contributed by atoms with Crippen LogP contribution in [-0.2, 0) is 6.54 Å². The molecule has 0 bridgehead atoms. The van der Waals surface area contributed by atoms with Crippen molar-refractivity contribution in [3.8, 4) is 0 Å². The Morgan fingerprint density at radius 2 is 2.09 bits per heavy atom. The highest BCUT2D eigenvalue weighted by Crippen LogP contribution is 2.23. The Morgan fingerprint density at radius 1 is 1.18 bits per heavy atom. The molecule has 1 atom stereocenters. The lowest BCUT2D eigenvalue weighted by Crippen LogP contribution is -2.26. The van der Waals surface area contributed by atoms with E-state index in [4.69, 9.17) is 0 Å². The number of H-pyrrole nitrogens is 1. The van der Waals surface area contributed by atoms with E-state index in [2.05, 4.69) is 62.6 Å². The maximum Gasteiger partial charge on any atom is 0.139 e. The Kier molecular flexibility index (Phi) is 3.52. The van der Waals surface area contributed by atoms with E-state index in [-0.39, 0.29) is 0 Å². The van der Waals surface area contributed by atoms with Crippen LogP contribution in [0.15, 0.2) is 54.9 Å². The smallest absolute Gasteiger partial charge is 0.139 e. The lowest BCUT2D eigenvalue weighted by Gasteiger charge is -2.17. The fourth-order valence-corrected chi connectivity index (χ4v) is 3.24. The van der Waals surface area contributed by atoms with Crippen molar-refractivity contribution in [1.29, 1.82) is 0 Å². The summed E-state index contributed by atoms with van der Waals surface area (Å²) in [6.45, 7) is 3.27. The van der Waals surface area contributed by atoms with Crippen LogP contribution in [0.4, 0.5) is 5.69 Å². The van der Waals surface area contributed by atoms with Crippen LogP contribution < -0.4 is 5.32 Å². The summed E-state index contributed by atoms with van der Waals surface area (Å²) >= 11 is 0. The standard InChI is InChI=1S/C18H20N4/c1-2-4-14(5-3-1)12-22-11-8-15(13-22)21-17-7-10-20-18-16(17)6-9-19-18/h1-7,9-10,15H,8,11-13H2,(H2,19,20,21)/t15-/m0/s1. The number of anilines is 1. The molecule has 4 nitrogen and oxygen atoms in total. The zero-order valence-electron chi connectivity index (χ0n) is 12.5. The number of nitrogens with zero attached hydrogens (tertiary/aromatic N) is 2. The minimum atomic E-state index is 0.504. The van der Waals surface area contributed by atoms with Crippen LogP contribution in [0, 0.1) is 0 Å². The van der Waals surface area contributed by atoms with Crippen LogP contribution >= 0.6 is 0 Å². The molecular formula is C18H20N4. The van der Waals surface area contributed by atoms with E-state index in [0.717, 1.165) is 25.3 Å². The van der Waals surface area contributed by atoms with Crippen molar-refractivity contribution in [1.82, 2.24) is 14.9 Å². The van der Waals surface area contributed by atoms with Crippen LogP contribution in [0.3, 0.4) is 0 Å². The van der Waals surface area contributed by atoms with Crippen molar-refractivity contribution in [3.05, 3.63) is 60.4 Å². The highest BCUT2D eigenvalue weighted by Gasteiger charge is 2.22. The Bertz CT molecular complexity index is 750. The van der Waals surface area contributed by atoms with E-state index in [1.807, 2.05) is 12.4 Å². The molecular weight excluding hydrogens is 272 g/mol. The molecule has 0 saturated carbocycles. The molecule has 0 aliphatic carbocycles. The van der Waals surface area contributed by atoms with Crippen molar-refractivity contribution in [2.24, 2.45) is 0 Å². The largest absolute Gasteiger partial charge is 0.380 e. The number of nitrogens with one attached hydrogen (secondary N) is 2. The van der Waals surface area contributed by atoms with Gasteiger partial charge in [0.25, 0.3) is 0 Å². The molecule has 0 radical (unpaired) electrons. The average Bonchev–Trinajstić information content (AvgIpc) is 3.18. The van der Waals surface area contributed by atoms with Crippen LogP contribution in [0.5, 0.6) is 0 Å². The first-order chi connectivity index (χ1) is 10.9. The van der Waals surface area contributed by atoms with Gasteiger partial charge in [0.05, 0.1) is 0 Å². The molecule has 4 rings (SSSR count).